The molecule has 3 unspecified atom stereocenters. The SMILES string of the molecule is CC(C)(C)Nc1ccc2cc(CCOC3CCCCO3)c(CCC3CCC(n4ccc5c(=O)[nH]cnc54)C3)cc2n1.CC(C)(O)O. The Bertz CT molecular complexity index is 1640. The van der Waals surface area contributed by atoms with Crippen molar-refractivity contribution in [2.24, 2.45) is 5.92 Å². The molecule has 3 aromatic heterocycles. The van der Waals surface area contributed by atoms with Crippen molar-refractivity contribution in [3.63, 3.8) is 0 Å². The summed E-state index contributed by atoms with van der Waals surface area (Å²) >= 11 is 0. The van der Waals surface area contributed by atoms with Crippen LogP contribution in [0.1, 0.15) is 96.7 Å². The van der Waals surface area contributed by atoms with Gasteiger partial charge in [-0.25, -0.2) is 9.97 Å². The molecule has 4 aromatic rings. The number of aryl methyl sites for hydroxylation is 1. The van der Waals surface area contributed by atoms with Gasteiger partial charge in [0.05, 0.1) is 23.8 Å². The van der Waals surface area contributed by atoms with E-state index in [2.05, 4.69) is 64.9 Å². The highest BCUT2D eigenvalue weighted by molar-refractivity contribution is 5.82. The minimum Gasteiger partial charge on any atom is -0.366 e. The predicted molar refractivity (Wildman–Crippen MR) is 182 cm³/mol. The van der Waals surface area contributed by atoms with E-state index >= 15 is 0 Å². The first-order valence-electron chi connectivity index (χ1n) is 16.8. The van der Waals surface area contributed by atoms with E-state index in [1.165, 1.54) is 49.5 Å². The number of H-pyrrole nitrogens is 1. The first kappa shape index (κ1) is 34.0. The van der Waals surface area contributed by atoms with Crippen molar-refractivity contribution in [2.45, 2.75) is 116 Å². The minimum absolute atomic E-state index is 0.0466. The lowest BCUT2D eigenvalue weighted by Gasteiger charge is -2.23. The highest BCUT2D eigenvalue weighted by Gasteiger charge is 2.27. The van der Waals surface area contributed by atoms with Crippen molar-refractivity contribution in [1.82, 2.24) is 19.5 Å². The van der Waals surface area contributed by atoms with Crippen molar-refractivity contribution < 1.29 is 19.7 Å². The van der Waals surface area contributed by atoms with Gasteiger partial charge in [-0.05, 0) is 140 Å². The highest BCUT2D eigenvalue weighted by atomic mass is 16.7. The number of ether oxygens (including phenoxy) is 2. The molecule has 1 aliphatic heterocycles. The Morgan fingerprint density at radius 3 is 2.57 bits per heavy atom. The van der Waals surface area contributed by atoms with Crippen LogP contribution in [0.3, 0.4) is 0 Å². The van der Waals surface area contributed by atoms with Gasteiger partial charge in [0.25, 0.3) is 5.56 Å². The second-order valence-corrected chi connectivity index (χ2v) is 14.4. The van der Waals surface area contributed by atoms with Crippen molar-refractivity contribution >= 4 is 27.8 Å². The average molecular weight is 634 g/mol. The van der Waals surface area contributed by atoms with Crippen LogP contribution in [0.15, 0.2) is 47.7 Å². The van der Waals surface area contributed by atoms with E-state index in [-0.39, 0.29) is 17.4 Å². The number of benzene rings is 1. The number of anilines is 1. The Morgan fingerprint density at radius 2 is 1.83 bits per heavy atom. The summed E-state index contributed by atoms with van der Waals surface area (Å²) in [5.74, 6) is 0.0447. The topological polar surface area (TPSA) is 135 Å². The maximum atomic E-state index is 12.2. The normalized spacial score (nSPS) is 20.5. The summed E-state index contributed by atoms with van der Waals surface area (Å²) in [6.07, 6.45) is 13.2. The third kappa shape index (κ3) is 9.61. The van der Waals surface area contributed by atoms with Crippen molar-refractivity contribution in [3.05, 3.63) is 64.3 Å². The lowest BCUT2D eigenvalue weighted by molar-refractivity contribution is -0.161. The van der Waals surface area contributed by atoms with Crippen molar-refractivity contribution in [2.75, 3.05) is 18.5 Å². The largest absolute Gasteiger partial charge is 0.366 e. The van der Waals surface area contributed by atoms with E-state index in [4.69, 9.17) is 24.7 Å². The van der Waals surface area contributed by atoms with Gasteiger partial charge in [0.2, 0.25) is 0 Å². The van der Waals surface area contributed by atoms with Gasteiger partial charge in [-0.15, -0.1) is 0 Å². The second-order valence-electron chi connectivity index (χ2n) is 14.4. The molecule has 0 spiro atoms. The Balaban J connectivity index is 0.000000775. The number of aromatic nitrogens is 4. The van der Waals surface area contributed by atoms with Gasteiger partial charge in [-0.1, -0.05) is 0 Å². The van der Waals surface area contributed by atoms with Gasteiger partial charge in [0.15, 0.2) is 12.1 Å². The molecule has 4 heterocycles. The van der Waals surface area contributed by atoms with Crippen LogP contribution in [0.2, 0.25) is 0 Å². The first-order chi connectivity index (χ1) is 21.8. The Morgan fingerprint density at radius 1 is 1.04 bits per heavy atom. The summed E-state index contributed by atoms with van der Waals surface area (Å²) in [6, 6.07) is 11.2. The van der Waals surface area contributed by atoms with Gasteiger partial charge in [-0.2, -0.15) is 0 Å². The fourth-order valence-electron chi connectivity index (χ4n) is 6.52. The van der Waals surface area contributed by atoms with Crippen LogP contribution < -0.4 is 10.9 Å². The van der Waals surface area contributed by atoms with Gasteiger partial charge in [0.1, 0.15) is 11.5 Å². The van der Waals surface area contributed by atoms with Crippen LogP contribution in [-0.2, 0) is 22.3 Å². The first-order valence-corrected chi connectivity index (χ1v) is 16.8. The molecule has 4 N–H and O–H groups in total. The molecule has 2 aliphatic rings. The maximum Gasteiger partial charge on any atom is 0.260 e. The zero-order valence-electron chi connectivity index (χ0n) is 28.0. The molecular weight excluding hydrogens is 582 g/mol. The molecule has 6 rings (SSSR count). The number of rotatable bonds is 9. The third-order valence-electron chi connectivity index (χ3n) is 8.57. The summed E-state index contributed by atoms with van der Waals surface area (Å²) in [4.78, 5) is 24.3. The summed E-state index contributed by atoms with van der Waals surface area (Å²) in [6.45, 7) is 10.5. The van der Waals surface area contributed by atoms with E-state index in [1.807, 2.05) is 12.3 Å². The smallest absolute Gasteiger partial charge is 0.260 e. The molecule has 0 radical (unpaired) electrons. The standard InChI is InChI=1S/C33H43N5O3.C3H8O2/c1-33(2,3)37-29-12-10-25-19-24(14-17-41-30-6-4-5-16-40-30)23(20-28(25)36-29)9-7-22-8-11-26(18-22)38-15-13-27-31(38)34-21-35-32(27)39;1-3(2,4)5/h10,12-13,15,19-22,26,30H,4-9,11,14,16-18H2,1-3H3,(H,36,37)(H,34,35,39);4-5H,1-2H3. The lowest BCUT2D eigenvalue weighted by atomic mass is 9.93. The molecule has 2 fully saturated rings. The second kappa shape index (κ2) is 14.6. The van der Waals surface area contributed by atoms with Gasteiger partial charge in [-0.3, -0.25) is 4.79 Å². The van der Waals surface area contributed by atoms with Gasteiger partial charge < -0.3 is 34.6 Å². The number of pyridine rings is 1. The van der Waals surface area contributed by atoms with Crippen molar-refractivity contribution in [3.8, 4) is 0 Å². The number of fused-ring (bicyclic) bond motifs is 2. The fraction of sp³-hybridized carbons (Fsp3) is 0.583. The molecule has 10 nitrogen and oxygen atoms in total. The van der Waals surface area contributed by atoms with Crippen LogP contribution in [-0.4, -0.2) is 60.6 Å². The lowest BCUT2D eigenvalue weighted by Crippen LogP contribution is -2.26. The van der Waals surface area contributed by atoms with E-state index in [0.29, 0.717) is 24.0 Å². The number of aromatic amines is 1. The number of hydrogen-bond acceptors (Lipinski definition) is 8. The number of nitrogens with zero attached hydrogens (tertiary/aromatic N) is 3. The Hall–Kier alpha value is -3.31. The van der Waals surface area contributed by atoms with E-state index in [9.17, 15) is 4.79 Å². The number of nitrogens with one attached hydrogen (secondary N) is 2. The molecule has 10 heteroatoms. The zero-order valence-corrected chi connectivity index (χ0v) is 28.0. The molecule has 46 heavy (non-hydrogen) atoms. The van der Waals surface area contributed by atoms with Crippen LogP contribution in [0.4, 0.5) is 5.82 Å². The summed E-state index contributed by atoms with van der Waals surface area (Å²) in [7, 11) is 0. The molecular formula is C36H51N5O5. The highest BCUT2D eigenvalue weighted by Crippen LogP contribution is 2.38. The Labute approximate surface area is 271 Å². The monoisotopic (exact) mass is 633 g/mol. The van der Waals surface area contributed by atoms with E-state index in [1.54, 1.807) is 0 Å². The quantitative estimate of drug-likeness (QED) is 0.159. The fourth-order valence-corrected chi connectivity index (χ4v) is 6.52. The van der Waals surface area contributed by atoms with Crippen LogP contribution in [0, 0.1) is 5.92 Å². The summed E-state index contributed by atoms with van der Waals surface area (Å²) in [5, 5.41) is 21.5. The van der Waals surface area contributed by atoms with Crippen LogP contribution in [0.5, 0.6) is 0 Å². The predicted octanol–water partition coefficient (Wildman–Crippen LogP) is 6.25. The summed E-state index contributed by atoms with van der Waals surface area (Å²) in [5.41, 5.74) is 4.43. The third-order valence-corrected chi connectivity index (χ3v) is 8.57. The van der Waals surface area contributed by atoms with Crippen LogP contribution >= 0.6 is 0 Å². The zero-order chi connectivity index (χ0) is 32.9. The van der Waals surface area contributed by atoms with Crippen LogP contribution in [0.25, 0.3) is 21.9 Å². The average Bonchev–Trinajstić information content (AvgIpc) is 3.63. The summed E-state index contributed by atoms with van der Waals surface area (Å²) < 4.78 is 14.1. The minimum atomic E-state index is -1.50. The van der Waals surface area contributed by atoms with Gasteiger partial charge >= 0.3 is 0 Å². The van der Waals surface area contributed by atoms with E-state index < -0.39 is 5.79 Å². The molecule has 1 saturated heterocycles. The molecule has 3 atom stereocenters. The van der Waals surface area contributed by atoms with Gasteiger partial charge in [0, 0.05) is 29.8 Å². The molecule has 1 aromatic carbocycles. The number of hydrogen-bond donors (Lipinski definition) is 4. The number of aliphatic hydroxyl groups is 2. The molecule has 1 aliphatic carbocycles. The molecule has 1 saturated carbocycles. The maximum absolute atomic E-state index is 12.2. The molecule has 250 valence electrons. The van der Waals surface area contributed by atoms with Crippen molar-refractivity contribution in [1.29, 1.82) is 0 Å². The van der Waals surface area contributed by atoms with E-state index in [0.717, 1.165) is 68.5 Å². The molecule has 0 amide bonds. The molecule has 0 bridgehead atoms. The Kier molecular flexibility index (Phi) is 10.8.